The van der Waals surface area contributed by atoms with Gasteiger partial charge in [0.05, 0.1) is 0 Å². The Morgan fingerprint density at radius 2 is 1.70 bits per heavy atom. The number of hydrogen-bond acceptors (Lipinski definition) is 2. The van der Waals surface area contributed by atoms with Crippen LogP contribution in [-0.4, -0.2) is 23.5 Å². The zero-order chi connectivity index (χ0) is 15.0. The summed E-state index contributed by atoms with van der Waals surface area (Å²) in [6.07, 6.45) is 5.70. The van der Waals surface area contributed by atoms with Crippen molar-refractivity contribution in [2.75, 3.05) is 6.54 Å². The number of carbonyl (C=O) groups is 2. The maximum absolute atomic E-state index is 11.9. The van der Waals surface area contributed by atoms with Crippen LogP contribution in [0.3, 0.4) is 0 Å². The minimum atomic E-state index is -1.09. The summed E-state index contributed by atoms with van der Waals surface area (Å²) in [4.78, 5) is 23.0. The predicted molar refractivity (Wildman–Crippen MR) is 77.2 cm³/mol. The van der Waals surface area contributed by atoms with E-state index in [1.54, 1.807) is 0 Å². The fraction of sp³-hybridized carbons (Fsp3) is 0.875. The Morgan fingerprint density at radius 1 is 1.15 bits per heavy atom. The molecule has 0 saturated heterocycles. The fourth-order valence-corrected chi connectivity index (χ4v) is 3.30. The predicted octanol–water partition coefficient (Wildman–Crippen LogP) is 2.82. The van der Waals surface area contributed by atoms with Crippen LogP contribution in [0.5, 0.6) is 0 Å². The molecular weight excluding hydrogens is 254 g/mol. The molecule has 20 heavy (non-hydrogen) atoms. The molecule has 2 fully saturated rings. The van der Waals surface area contributed by atoms with Gasteiger partial charge in [-0.25, -0.2) is 0 Å². The third-order valence-corrected chi connectivity index (χ3v) is 5.22. The highest BCUT2D eigenvalue weighted by Gasteiger charge is 2.57. The van der Waals surface area contributed by atoms with Crippen molar-refractivity contribution in [2.45, 2.75) is 59.3 Å². The molecule has 0 bridgehead atoms. The molecule has 114 valence electrons. The van der Waals surface area contributed by atoms with Crippen molar-refractivity contribution in [1.82, 2.24) is 5.32 Å². The van der Waals surface area contributed by atoms with Crippen molar-refractivity contribution >= 4 is 11.9 Å². The lowest BCUT2D eigenvalue weighted by atomic mass is 9.70. The summed E-state index contributed by atoms with van der Waals surface area (Å²) < 4.78 is 0. The van der Waals surface area contributed by atoms with Crippen molar-refractivity contribution in [1.29, 1.82) is 0 Å². The number of carboxylic acids is 1. The van der Waals surface area contributed by atoms with E-state index >= 15 is 0 Å². The Bertz CT molecular complexity index is 385. The van der Waals surface area contributed by atoms with Crippen LogP contribution in [0, 0.1) is 22.7 Å². The second-order valence-corrected chi connectivity index (χ2v) is 7.68. The van der Waals surface area contributed by atoms with Gasteiger partial charge in [-0.3, -0.25) is 9.59 Å². The van der Waals surface area contributed by atoms with Crippen molar-refractivity contribution in [3.8, 4) is 0 Å². The van der Waals surface area contributed by atoms with E-state index < -0.39 is 11.4 Å². The molecule has 0 atom stereocenters. The van der Waals surface area contributed by atoms with Gasteiger partial charge in [0.25, 0.3) is 0 Å². The normalized spacial score (nSPS) is 28.8. The lowest BCUT2D eigenvalue weighted by Gasteiger charge is -2.37. The van der Waals surface area contributed by atoms with E-state index in [-0.39, 0.29) is 5.91 Å². The van der Waals surface area contributed by atoms with Gasteiger partial charge in [-0.15, -0.1) is 0 Å². The van der Waals surface area contributed by atoms with Crippen molar-refractivity contribution < 1.29 is 14.7 Å². The van der Waals surface area contributed by atoms with E-state index in [0.29, 0.717) is 30.7 Å². The topological polar surface area (TPSA) is 66.4 Å². The van der Waals surface area contributed by atoms with Gasteiger partial charge in [0.1, 0.15) is 5.41 Å². The first-order chi connectivity index (χ1) is 9.25. The highest BCUT2D eigenvalue weighted by molar-refractivity contribution is 6.04. The molecule has 1 amide bonds. The maximum Gasteiger partial charge on any atom is 0.319 e. The molecule has 2 aliphatic rings. The number of rotatable bonds is 4. The third kappa shape index (κ3) is 3.15. The largest absolute Gasteiger partial charge is 0.480 e. The van der Waals surface area contributed by atoms with Crippen LogP contribution in [0.25, 0.3) is 0 Å². The molecule has 0 radical (unpaired) electrons. The summed E-state index contributed by atoms with van der Waals surface area (Å²) in [6.45, 7) is 7.53. The van der Waals surface area contributed by atoms with Crippen molar-refractivity contribution in [3.05, 3.63) is 0 Å². The van der Waals surface area contributed by atoms with Crippen molar-refractivity contribution in [2.24, 2.45) is 22.7 Å². The Morgan fingerprint density at radius 3 is 2.10 bits per heavy atom. The number of nitrogens with one attached hydrogen (secondary N) is 1. The van der Waals surface area contributed by atoms with Crippen LogP contribution in [-0.2, 0) is 9.59 Å². The van der Waals surface area contributed by atoms with E-state index in [1.165, 1.54) is 12.8 Å². The Labute approximate surface area is 121 Å². The fourth-order valence-electron chi connectivity index (χ4n) is 3.30. The van der Waals surface area contributed by atoms with Crippen LogP contribution in [0.15, 0.2) is 0 Å². The molecular formula is C16H27NO3. The monoisotopic (exact) mass is 281 g/mol. The molecule has 2 rings (SSSR count). The summed E-state index contributed by atoms with van der Waals surface area (Å²) in [5.41, 5.74) is -0.724. The van der Waals surface area contributed by atoms with Gasteiger partial charge < -0.3 is 10.4 Å². The maximum atomic E-state index is 11.9. The molecule has 0 aromatic carbocycles. The molecule has 0 heterocycles. The molecule has 0 aromatic heterocycles. The Balaban J connectivity index is 1.74. The first-order valence-electron chi connectivity index (χ1n) is 7.77. The van der Waals surface area contributed by atoms with Gasteiger partial charge in [0.2, 0.25) is 5.91 Å². The lowest BCUT2D eigenvalue weighted by molar-refractivity contribution is -0.149. The van der Waals surface area contributed by atoms with Crippen LogP contribution in [0.2, 0.25) is 0 Å². The molecule has 2 N–H and O–H groups in total. The molecule has 4 heteroatoms. The van der Waals surface area contributed by atoms with E-state index in [9.17, 15) is 9.59 Å². The molecule has 0 unspecified atom stereocenters. The minimum absolute atomic E-state index is 0.275. The number of carbonyl (C=O) groups excluding carboxylic acids is 1. The highest BCUT2D eigenvalue weighted by Crippen LogP contribution is 2.46. The smallest absolute Gasteiger partial charge is 0.319 e. The third-order valence-electron chi connectivity index (χ3n) is 5.22. The summed E-state index contributed by atoms with van der Waals surface area (Å²) >= 11 is 0. The summed E-state index contributed by atoms with van der Waals surface area (Å²) in [7, 11) is 0. The van der Waals surface area contributed by atoms with Gasteiger partial charge in [0.15, 0.2) is 0 Å². The van der Waals surface area contributed by atoms with Gasteiger partial charge in [-0.1, -0.05) is 20.8 Å². The zero-order valence-electron chi connectivity index (χ0n) is 12.9. The quantitative estimate of drug-likeness (QED) is 0.779. The summed E-state index contributed by atoms with van der Waals surface area (Å²) in [6, 6.07) is 0. The van der Waals surface area contributed by atoms with Gasteiger partial charge in [0, 0.05) is 6.54 Å². The minimum Gasteiger partial charge on any atom is -0.480 e. The molecule has 0 aromatic rings. The Hall–Kier alpha value is -1.06. The highest BCUT2D eigenvalue weighted by atomic mass is 16.4. The molecule has 2 aliphatic carbocycles. The van der Waals surface area contributed by atoms with Gasteiger partial charge in [-0.05, 0) is 55.8 Å². The number of hydrogen-bond donors (Lipinski definition) is 2. The van der Waals surface area contributed by atoms with Gasteiger partial charge in [-0.2, -0.15) is 0 Å². The number of aliphatic carboxylic acids is 1. The first-order valence-corrected chi connectivity index (χ1v) is 7.77. The summed E-state index contributed by atoms with van der Waals surface area (Å²) in [5, 5.41) is 11.9. The van der Waals surface area contributed by atoms with Gasteiger partial charge >= 0.3 is 5.97 Å². The lowest BCUT2D eigenvalue weighted by Crippen LogP contribution is -2.40. The van der Waals surface area contributed by atoms with Crippen LogP contribution in [0.4, 0.5) is 0 Å². The second-order valence-electron chi connectivity index (χ2n) is 7.68. The van der Waals surface area contributed by atoms with Crippen LogP contribution < -0.4 is 5.32 Å². The molecule has 2 saturated carbocycles. The van der Waals surface area contributed by atoms with E-state index in [2.05, 4.69) is 26.1 Å². The van der Waals surface area contributed by atoms with Crippen LogP contribution >= 0.6 is 0 Å². The average Bonchev–Trinajstić information content (AvgIpc) is 3.17. The van der Waals surface area contributed by atoms with Crippen LogP contribution in [0.1, 0.15) is 59.3 Å². The second kappa shape index (κ2) is 5.38. The Kier molecular flexibility index (Phi) is 4.12. The van der Waals surface area contributed by atoms with Crippen molar-refractivity contribution in [3.63, 3.8) is 0 Å². The van der Waals surface area contributed by atoms with E-state index in [4.69, 9.17) is 5.11 Å². The van der Waals surface area contributed by atoms with E-state index in [0.717, 1.165) is 18.8 Å². The standard InChI is InChI=1S/C16H27NO3/c1-15(2,3)12-6-4-11(5-7-12)10-17-13(18)16(8-9-16)14(19)20/h11-12H,4-10H2,1-3H3,(H,17,18)(H,19,20). The first kappa shape index (κ1) is 15.3. The summed E-state index contributed by atoms with van der Waals surface area (Å²) in [5.74, 6) is 0.0415. The average molecular weight is 281 g/mol. The number of carboxylic acid groups (broad SMARTS) is 1. The molecule has 0 spiro atoms. The SMILES string of the molecule is CC(C)(C)C1CCC(CNC(=O)C2(C(=O)O)CC2)CC1. The number of amides is 1. The molecule has 0 aliphatic heterocycles. The molecule has 4 nitrogen and oxygen atoms in total. The van der Waals surface area contributed by atoms with E-state index in [1.807, 2.05) is 0 Å². The zero-order valence-corrected chi connectivity index (χ0v) is 12.9.